The van der Waals surface area contributed by atoms with Gasteiger partial charge in [0.15, 0.2) is 11.5 Å². The number of hydrogen-bond donors (Lipinski definition) is 1. The second kappa shape index (κ2) is 10.2. The molecule has 3 aromatic carbocycles. The molecule has 0 saturated carbocycles. The lowest BCUT2D eigenvalue weighted by atomic mass is 9.94. The molecule has 1 aliphatic heterocycles. The predicted molar refractivity (Wildman–Crippen MR) is 132 cm³/mol. The van der Waals surface area contributed by atoms with Crippen LogP contribution >= 0.6 is 23.2 Å². The van der Waals surface area contributed by atoms with E-state index in [9.17, 15) is 23.5 Å². The van der Waals surface area contributed by atoms with E-state index in [-0.39, 0.29) is 39.1 Å². The molecule has 1 saturated heterocycles. The van der Waals surface area contributed by atoms with Crippen LogP contribution in [0.15, 0.2) is 60.2 Å². The fourth-order valence-corrected chi connectivity index (χ4v) is 4.30. The minimum Gasteiger partial charge on any atom is -0.507 e. The molecule has 4 rings (SSSR count). The van der Waals surface area contributed by atoms with Gasteiger partial charge in [-0.25, -0.2) is 8.78 Å². The van der Waals surface area contributed by atoms with Gasteiger partial charge in [-0.05, 0) is 55.0 Å². The molecular weight excluding hydrogens is 515 g/mol. The van der Waals surface area contributed by atoms with Crippen molar-refractivity contribution < 1.29 is 33.0 Å². The van der Waals surface area contributed by atoms with Crippen LogP contribution in [0.4, 0.5) is 14.5 Å². The van der Waals surface area contributed by atoms with Crippen LogP contribution in [0.25, 0.3) is 5.76 Å². The molecule has 186 valence electrons. The van der Waals surface area contributed by atoms with Gasteiger partial charge >= 0.3 is 0 Å². The smallest absolute Gasteiger partial charge is 0.300 e. The summed E-state index contributed by atoms with van der Waals surface area (Å²) in [5, 5.41) is 11.5. The molecule has 1 unspecified atom stereocenters. The summed E-state index contributed by atoms with van der Waals surface area (Å²) in [4.78, 5) is 27.2. The van der Waals surface area contributed by atoms with Gasteiger partial charge in [0.2, 0.25) is 0 Å². The summed E-state index contributed by atoms with van der Waals surface area (Å²) in [7, 11) is 1.44. The highest BCUT2D eigenvalue weighted by Gasteiger charge is 2.48. The molecule has 1 N–H and O–H groups in total. The summed E-state index contributed by atoms with van der Waals surface area (Å²) in [5.41, 5.74) is -0.437. The van der Waals surface area contributed by atoms with Gasteiger partial charge in [0, 0.05) is 11.6 Å². The third-order valence-electron chi connectivity index (χ3n) is 5.61. The highest BCUT2D eigenvalue weighted by atomic mass is 35.5. The summed E-state index contributed by atoms with van der Waals surface area (Å²) in [6.45, 7) is 2.03. The molecule has 1 atom stereocenters. The number of halogens is 4. The largest absolute Gasteiger partial charge is 0.507 e. The van der Waals surface area contributed by atoms with E-state index in [1.807, 2.05) is 0 Å². The van der Waals surface area contributed by atoms with E-state index < -0.39 is 40.8 Å². The molecule has 0 radical (unpaired) electrons. The van der Waals surface area contributed by atoms with Crippen LogP contribution in [-0.4, -0.2) is 30.5 Å². The molecule has 1 heterocycles. The van der Waals surface area contributed by atoms with Crippen molar-refractivity contribution in [1.82, 2.24) is 0 Å². The predicted octanol–water partition coefficient (Wildman–Crippen LogP) is 6.31. The highest BCUT2D eigenvalue weighted by molar-refractivity contribution is 6.51. The number of ether oxygens (including phenoxy) is 2. The number of ketones is 1. The van der Waals surface area contributed by atoms with Crippen LogP contribution in [0.1, 0.15) is 24.1 Å². The third-order valence-corrected chi connectivity index (χ3v) is 6.35. The third kappa shape index (κ3) is 4.50. The first kappa shape index (κ1) is 25.5. The van der Waals surface area contributed by atoms with E-state index in [0.717, 1.165) is 23.1 Å². The Hall–Kier alpha value is -3.62. The lowest BCUT2D eigenvalue weighted by molar-refractivity contribution is -0.132. The van der Waals surface area contributed by atoms with Crippen molar-refractivity contribution in [3.8, 4) is 11.5 Å². The van der Waals surface area contributed by atoms with Crippen LogP contribution in [-0.2, 0) is 9.59 Å². The van der Waals surface area contributed by atoms with Gasteiger partial charge in [0.25, 0.3) is 11.7 Å². The van der Waals surface area contributed by atoms with Crippen molar-refractivity contribution in [2.75, 3.05) is 18.6 Å². The van der Waals surface area contributed by atoms with Gasteiger partial charge in [0.1, 0.15) is 17.4 Å². The number of nitrogens with zero attached hydrogens (tertiary/aromatic N) is 1. The number of carbonyl (C=O) groups excluding carboxylic acids is 2. The maximum atomic E-state index is 14.9. The van der Waals surface area contributed by atoms with Gasteiger partial charge < -0.3 is 14.6 Å². The van der Waals surface area contributed by atoms with E-state index in [2.05, 4.69) is 0 Å². The quantitative estimate of drug-likeness (QED) is 0.228. The molecule has 0 aromatic heterocycles. The maximum absolute atomic E-state index is 14.9. The number of methoxy groups -OCH3 is 1. The van der Waals surface area contributed by atoms with Crippen LogP contribution in [0.5, 0.6) is 11.5 Å². The summed E-state index contributed by atoms with van der Waals surface area (Å²) >= 11 is 12.1. The molecule has 0 bridgehead atoms. The average Bonchev–Trinajstić information content (AvgIpc) is 3.12. The zero-order valence-electron chi connectivity index (χ0n) is 19.0. The van der Waals surface area contributed by atoms with Gasteiger partial charge in [-0.3, -0.25) is 14.5 Å². The first-order valence-corrected chi connectivity index (χ1v) is 11.5. The van der Waals surface area contributed by atoms with Crippen molar-refractivity contribution in [3.05, 3.63) is 93.0 Å². The topological polar surface area (TPSA) is 76.1 Å². The molecule has 36 heavy (non-hydrogen) atoms. The molecule has 1 aliphatic rings. The van der Waals surface area contributed by atoms with Crippen LogP contribution in [0, 0.1) is 11.6 Å². The zero-order valence-corrected chi connectivity index (χ0v) is 20.5. The SMILES string of the molecule is CCOc1cc(C2/C(=C(\O)c3ccc(Cl)c(Cl)c3)C(=O)C(=O)N2c2cc(F)ccc2F)ccc1OC. The molecular formula is C26H19Cl2F2NO5. The number of carbonyl (C=O) groups is 2. The molecule has 1 fully saturated rings. The standard InChI is InChI=1S/C26H19Cl2F2NO5/c1-3-36-21-11-13(5-9-20(21)35-2)23-22(24(32)14-4-7-16(27)17(28)10-14)25(33)26(34)31(23)19-12-15(29)6-8-18(19)30/h4-12,23,32H,3H2,1-2H3/b24-22+. The second-order valence-electron chi connectivity index (χ2n) is 7.74. The Morgan fingerprint density at radius 1 is 1.00 bits per heavy atom. The average molecular weight is 534 g/mol. The van der Waals surface area contributed by atoms with Crippen molar-refractivity contribution in [2.45, 2.75) is 13.0 Å². The van der Waals surface area contributed by atoms with Crippen LogP contribution < -0.4 is 14.4 Å². The van der Waals surface area contributed by atoms with Crippen molar-refractivity contribution in [2.24, 2.45) is 0 Å². The normalized spacial score (nSPS) is 16.9. The zero-order chi connectivity index (χ0) is 26.1. The van der Waals surface area contributed by atoms with Gasteiger partial charge in [-0.2, -0.15) is 0 Å². The van der Waals surface area contributed by atoms with Crippen molar-refractivity contribution in [3.63, 3.8) is 0 Å². The van der Waals surface area contributed by atoms with Crippen molar-refractivity contribution >= 4 is 46.3 Å². The van der Waals surface area contributed by atoms with E-state index in [1.54, 1.807) is 13.0 Å². The summed E-state index contributed by atoms with van der Waals surface area (Å²) in [6, 6.07) is 9.94. The van der Waals surface area contributed by atoms with E-state index in [1.165, 1.54) is 37.4 Å². The Bertz CT molecular complexity index is 1410. The fourth-order valence-electron chi connectivity index (χ4n) is 4.00. The number of aliphatic hydroxyl groups excluding tert-OH is 1. The number of rotatable bonds is 6. The monoisotopic (exact) mass is 533 g/mol. The van der Waals surface area contributed by atoms with E-state index in [4.69, 9.17) is 32.7 Å². The van der Waals surface area contributed by atoms with Crippen LogP contribution in [0.2, 0.25) is 10.0 Å². The van der Waals surface area contributed by atoms with Gasteiger partial charge in [0.05, 0.1) is 41.1 Å². The Balaban J connectivity index is 2.01. The van der Waals surface area contributed by atoms with E-state index >= 15 is 0 Å². The molecule has 6 nitrogen and oxygen atoms in total. The minimum absolute atomic E-state index is 0.102. The van der Waals surface area contributed by atoms with Crippen LogP contribution in [0.3, 0.4) is 0 Å². The lowest BCUT2D eigenvalue weighted by Gasteiger charge is -2.26. The van der Waals surface area contributed by atoms with E-state index in [0.29, 0.717) is 5.75 Å². The first-order chi connectivity index (χ1) is 17.2. The first-order valence-electron chi connectivity index (χ1n) is 10.7. The van der Waals surface area contributed by atoms with Crippen molar-refractivity contribution in [1.29, 1.82) is 0 Å². The minimum atomic E-state index is -1.33. The lowest BCUT2D eigenvalue weighted by Crippen LogP contribution is -2.30. The number of hydrogen-bond acceptors (Lipinski definition) is 5. The molecule has 3 aromatic rings. The molecule has 0 aliphatic carbocycles. The van der Waals surface area contributed by atoms with Gasteiger partial charge in [-0.15, -0.1) is 0 Å². The second-order valence-corrected chi connectivity index (χ2v) is 8.55. The number of anilines is 1. The number of aliphatic hydroxyl groups is 1. The summed E-state index contributed by atoms with van der Waals surface area (Å²) in [5.74, 6) is -3.90. The Morgan fingerprint density at radius 2 is 1.75 bits per heavy atom. The maximum Gasteiger partial charge on any atom is 0.300 e. The number of amides is 1. The fraction of sp³-hybridized carbons (Fsp3) is 0.154. The Kier molecular flexibility index (Phi) is 7.19. The number of Topliss-reactive ketones (excluding diaryl/α,β-unsaturated/α-hetero) is 1. The summed E-state index contributed by atoms with van der Waals surface area (Å²) in [6.07, 6.45) is 0. The Morgan fingerprint density at radius 3 is 2.42 bits per heavy atom. The molecule has 1 amide bonds. The molecule has 0 spiro atoms. The summed E-state index contributed by atoms with van der Waals surface area (Å²) < 4.78 is 39.9. The molecule has 10 heteroatoms. The number of benzene rings is 3. The Labute approximate surface area is 215 Å². The van der Waals surface area contributed by atoms with Gasteiger partial charge in [-0.1, -0.05) is 29.3 Å². The highest BCUT2D eigenvalue weighted by Crippen LogP contribution is 2.45.